The number of benzene rings is 2. The molecule has 1 N–H and O–H groups in total. The highest BCUT2D eigenvalue weighted by Gasteiger charge is 2.18. The fourth-order valence-corrected chi connectivity index (χ4v) is 2.06. The SMILES string of the molecule is CO[C@H](C(=O)N/N=C\c1ccc(Br)cc1)c1ccccc1. The summed E-state index contributed by atoms with van der Waals surface area (Å²) in [7, 11) is 1.50. The third-order valence-electron chi connectivity index (χ3n) is 2.83. The Kier molecular flexibility index (Phi) is 5.66. The van der Waals surface area contributed by atoms with Crippen molar-refractivity contribution in [2.24, 2.45) is 5.10 Å². The average molecular weight is 347 g/mol. The van der Waals surface area contributed by atoms with Crippen LogP contribution in [0.4, 0.5) is 0 Å². The van der Waals surface area contributed by atoms with E-state index in [0.717, 1.165) is 15.6 Å². The van der Waals surface area contributed by atoms with Gasteiger partial charge in [-0.2, -0.15) is 5.10 Å². The van der Waals surface area contributed by atoms with Crippen LogP contribution in [0.1, 0.15) is 17.2 Å². The molecule has 0 aliphatic carbocycles. The van der Waals surface area contributed by atoms with Crippen LogP contribution in [0.25, 0.3) is 0 Å². The van der Waals surface area contributed by atoms with Crippen LogP contribution in [-0.2, 0) is 9.53 Å². The number of hydrogen-bond donors (Lipinski definition) is 1. The Labute approximate surface area is 132 Å². The largest absolute Gasteiger partial charge is 0.367 e. The number of ether oxygens (including phenoxy) is 1. The normalized spacial score (nSPS) is 12.3. The molecule has 0 radical (unpaired) electrons. The zero-order chi connectivity index (χ0) is 15.1. The smallest absolute Gasteiger partial charge is 0.273 e. The Hall–Kier alpha value is -1.98. The molecule has 21 heavy (non-hydrogen) atoms. The van der Waals surface area contributed by atoms with Gasteiger partial charge in [0.15, 0.2) is 6.10 Å². The number of hydrazone groups is 1. The quantitative estimate of drug-likeness (QED) is 0.667. The van der Waals surface area contributed by atoms with E-state index in [1.165, 1.54) is 7.11 Å². The standard InChI is InChI=1S/C16H15BrN2O2/c1-21-15(13-5-3-2-4-6-13)16(20)19-18-11-12-7-9-14(17)10-8-12/h2-11,15H,1H3,(H,19,20)/b18-11-/t15-/m0/s1. The van der Waals surface area contributed by atoms with Crippen LogP contribution >= 0.6 is 15.9 Å². The molecule has 0 saturated carbocycles. The van der Waals surface area contributed by atoms with Crippen molar-refractivity contribution in [1.29, 1.82) is 0 Å². The van der Waals surface area contributed by atoms with E-state index in [1.54, 1.807) is 6.21 Å². The predicted molar refractivity (Wildman–Crippen MR) is 86.1 cm³/mol. The Bertz CT molecular complexity index is 612. The van der Waals surface area contributed by atoms with Crippen molar-refractivity contribution in [3.8, 4) is 0 Å². The van der Waals surface area contributed by atoms with E-state index in [0.29, 0.717) is 0 Å². The fraction of sp³-hybridized carbons (Fsp3) is 0.125. The van der Waals surface area contributed by atoms with Gasteiger partial charge in [0.05, 0.1) is 6.21 Å². The van der Waals surface area contributed by atoms with E-state index in [-0.39, 0.29) is 5.91 Å². The summed E-state index contributed by atoms with van der Waals surface area (Å²) in [6.45, 7) is 0. The molecule has 0 aliphatic rings. The van der Waals surface area contributed by atoms with Crippen molar-refractivity contribution in [2.75, 3.05) is 7.11 Å². The van der Waals surface area contributed by atoms with Crippen molar-refractivity contribution in [1.82, 2.24) is 5.43 Å². The maximum atomic E-state index is 12.1. The number of nitrogens with zero attached hydrogens (tertiary/aromatic N) is 1. The molecule has 0 aliphatic heterocycles. The number of hydrogen-bond acceptors (Lipinski definition) is 3. The third kappa shape index (κ3) is 4.51. The van der Waals surface area contributed by atoms with Gasteiger partial charge in [0.2, 0.25) is 0 Å². The van der Waals surface area contributed by atoms with Crippen molar-refractivity contribution >= 4 is 28.1 Å². The molecule has 2 aromatic rings. The van der Waals surface area contributed by atoms with Gasteiger partial charge < -0.3 is 4.74 Å². The van der Waals surface area contributed by atoms with Gasteiger partial charge in [-0.15, -0.1) is 0 Å². The van der Waals surface area contributed by atoms with Gasteiger partial charge in [0, 0.05) is 11.6 Å². The first-order chi connectivity index (χ1) is 10.2. The third-order valence-corrected chi connectivity index (χ3v) is 3.36. The van der Waals surface area contributed by atoms with Gasteiger partial charge in [0.1, 0.15) is 0 Å². The van der Waals surface area contributed by atoms with E-state index < -0.39 is 6.10 Å². The summed E-state index contributed by atoms with van der Waals surface area (Å²) in [5.74, 6) is -0.308. The molecule has 0 bridgehead atoms. The molecule has 0 saturated heterocycles. The molecule has 0 heterocycles. The van der Waals surface area contributed by atoms with Crippen LogP contribution in [-0.4, -0.2) is 19.2 Å². The summed E-state index contributed by atoms with van der Waals surface area (Å²) in [4.78, 5) is 12.1. The lowest BCUT2D eigenvalue weighted by Crippen LogP contribution is -2.26. The van der Waals surface area contributed by atoms with Crippen molar-refractivity contribution in [3.63, 3.8) is 0 Å². The maximum Gasteiger partial charge on any atom is 0.273 e. The second-order valence-corrected chi connectivity index (χ2v) is 5.23. The first-order valence-corrected chi connectivity index (χ1v) is 7.16. The summed E-state index contributed by atoms with van der Waals surface area (Å²) >= 11 is 3.36. The zero-order valence-corrected chi connectivity index (χ0v) is 13.1. The molecular weight excluding hydrogens is 332 g/mol. The average Bonchev–Trinajstić information content (AvgIpc) is 2.51. The first kappa shape index (κ1) is 15.4. The number of rotatable bonds is 5. The predicted octanol–water partition coefficient (Wildman–Crippen LogP) is 3.29. The van der Waals surface area contributed by atoms with E-state index in [2.05, 4.69) is 26.5 Å². The van der Waals surface area contributed by atoms with Gasteiger partial charge in [-0.3, -0.25) is 4.79 Å². The maximum absolute atomic E-state index is 12.1. The minimum Gasteiger partial charge on any atom is -0.367 e. The summed E-state index contributed by atoms with van der Waals surface area (Å²) in [6.07, 6.45) is 0.912. The number of carbonyl (C=O) groups excluding carboxylic acids is 1. The van der Waals surface area contributed by atoms with Gasteiger partial charge in [-0.25, -0.2) is 5.43 Å². The number of carbonyl (C=O) groups is 1. The minimum atomic E-state index is -0.673. The summed E-state index contributed by atoms with van der Waals surface area (Å²) in [5, 5.41) is 3.95. The number of nitrogens with one attached hydrogen (secondary N) is 1. The summed E-state index contributed by atoms with van der Waals surface area (Å²) < 4.78 is 6.22. The molecule has 1 atom stereocenters. The second kappa shape index (κ2) is 7.71. The molecule has 5 heteroatoms. The summed E-state index contributed by atoms with van der Waals surface area (Å²) in [5.41, 5.74) is 4.17. The number of methoxy groups -OCH3 is 1. The van der Waals surface area contributed by atoms with E-state index in [1.807, 2.05) is 54.6 Å². The highest BCUT2D eigenvalue weighted by Crippen LogP contribution is 2.16. The lowest BCUT2D eigenvalue weighted by Gasteiger charge is -2.13. The van der Waals surface area contributed by atoms with E-state index in [4.69, 9.17) is 4.74 Å². The molecule has 108 valence electrons. The highest BCUT2D eigenvalue weighted by atomic mass is 79.9. The zero-order valence-electron chi connectivity index (χ0n) is 11.5. The molecule has 0 fully saturated rings. The molecule has 0 unspecified atom stereocenters. The lowest BCUT2D eigenvalue weighted by molar-refractivity contribution is -0.131. The van der Waals surface area contributed by atoms with Crippen molar-refractivity contribution in [3.05, 3.63) is 70.2 Å². The highest BCUT2D eigenvalue weighted by molar-refractivity contribution is 9.10. The van der Waals surface area contributed by atoms with Crippen LogP contribution < -0.4 is 5.43 Å². The second-order valence-electron chi connectivity index (χ2n) is 4.31. The van der Waals surface area contributed by atoms with Gasteiger partial charge in [-0.1, -0.05) is 58.4 Å². The Morgan fingerprint density at radius 1 is 1.19 bits per heavy atom. The Morgan fingerprint density at radius 2 is 1.86 bits per heavy atom. The molecule has 2 aromatic carbocycles. The molecule has 0 spiro atoms. The summed E-state index contributed by atoms with van der Waals surface area (Å²) in [6, 6.07) is 16.9. The number of halogens is 1. The molecule has 2 rings (SSSR count). The molecule has 1 amide bonds. The topological polar surface area (TPSA) is 50.7 Å². The van der Waals surface area contributed by atoms with Gasteiger partial charge in [-0.05, 0) is 23.3 Å². The van der Waals surface area contributed by atoms with Crippen LogP contribution in [0.15, 0.2) is 64.2 Å². The molecule has 4 nitrogen and oxygen atoms in total. The number of amides is 1. The first-order valence-electron chi connectivity index (χ1n) is 6.37. The fourth-order valence-electron chi connectivity index (χ4n) is 1.80. The molecular formula is C16H15BrN2O2. The van der Waals surface area contributed by atoms with Crippen molar-refractivity contribution < 1.29 is 9.53 Å². The molecule has 0 aromatic heterocycles. The Balaban J connectivity index is 1.98. The van der Waals surface area contributed by atoms with Gasteiger partial charge in [0.25, 0.3) is 5.91 Å². The van der Waals surface area contributed by atoms with Crippen LogP contribution in [0.2, 0.25) is 0 Å². The van der Waals surface area contributed by atoms with E-state index in [9.17, 15) is 4.79 Å². The monoisotopic (exact) mass is 346 g/mol. The van der Waals surface area contributed by atoms with Crippen LogP contribution in [0, 0.1) is 0 Å². The minimum absolute atomic E-state index is 0.308. The Morgan fingerprint density at radius 3 is 2.48 bits per heavy atom. The lowest BCUT2D eigenvalue weighted by atomic mass is 10.1. The van der Waals surface area contributed by atoms with Crippen molar-refractivity contribution in [2.45, 2.75) is 6.10 Å². The van der Waals surface area contributed by atoms with Gasteiger partial charge >= 0.3 is 0 Å². The van der Waals surface area contributed by atoms with E-state index >= 15 is 0 Å². The van der Waals surface area contributed by atoms with Crippen LogP contribution in [0.5, 0.6) is 0 Å². The van der Waals surface area contributed by atoms with Crippen LogP contribution in [0.3, 0.4) is 0 Å².